The molecular formula is C13H14N2O3. The Morgan fingerprint density at radius 2 is 2.28 bits per heavy atom. The molecule has 1 aliphatic rings. The number of rotatable bonds is 3. The standard InChI is InChI=1S/C13H14N2O3/c1-2-12(16)17-13-7-11(15-18-13)10-5-3-9(8-14)4-6-10/h3-6,11,13,15H,2,7H2,1H3. The second-order valence-corrected chi connectivity index (χ2v) is 4.03. The fourth-order valence-corrected chi connectivity index (χ4v) is 1.74. The van der Waals surface area contributed by atoms with Crippen LogP contribution < -0.4 is 5.48 Å². The van der Waals surface area contributed by atoms with Gasteiger partial charge >= 0.3 is 5.97 Å². The number of carbonyl (C=O) groups is 1. The van der Waals surface area contributed by atoms with Crippen molar-refractivity contribution in [1.29, 1.82) is 5.26 Å². The third kappa shape index (κ3) is 2.86. The molecule has 1 aromatic carbocycles. The molecule has 0 amide bonds. The van der Waals surface area contributed by atoms with Crippen LogP contribution in [-0.2, 0) is 14.4 Å². The fraction of sp³-hybridized carbons (Fsp3) is 0.385. The topological polar surface area (TPSA) is 71.4 Å². The van der Waals surface area contributed by atoms with Gasteiger partial charge in [-0.15, -0.1) is 0 Å². The number of hydrogen-bond donors (Lipinski definition) is 1. The Morgan fingerprint density at radius 3 is 2.89 bits per heavy atom. The number of hydrogen-bond acceptors (Lipinski definition) is 5. The maximum Gasteiger partial charge on any atom is 0.307 e. The average molecular weight is 246 g/mol. The number of esters is 1. The van der Waals surface area contributed by atoms with E-state index in [0.717, 1.165) is 5.56 Å². The van der Waals surface area contributed by atoms with Gasteiger partial charge in [0.25, 0.3) is 0 Å². The summed E-state index contributed by atoms with van der Waals surface area (Å²) >= 11 is 0. The van der Waals surface area contributed by atoms with E-state index in [2.05, 4.69) is 11.5 Å². The lowest BCUT2D eigenvalue weighted by Crippen LogP contribution is -2.17. The molecule has 1 heterocycles. The number of nitrogens with zero attached hydrogens (tertiary/aromatic N) is 1. The van der Waals surface area contributed by atoms with Crippen molar-refractivity contribution < 1.29 is 14.4 Å². The molecule has 1 aliphatic heterocycles. The van der Waals surface area contributed by atoms with E-state index < -0.39 is 6.29 Å². The van der Waals surface area contributed by atoms with E-state index in [9.17, 15) is 4.79 Å². The zero-order chi connectivity index (χ0) is 13.0. The van der Waals surface area contributed by atoms with Crippen molar-refractivity contribution >= 4 is 5.97 Å². The van der Waals surface area contributed by atoms with E-state index in [4.69, 9.17) is 14.8 Å². The van der Waals surface area contributed by atoms with Gasteiger partial charge in [0.05, 0.1) is 17.7 Å². The van der Waals surface area contributed by atoms with Gasteiger partial charge in [-0.05, 0) is 17.7 Å². The van der Waals surface area contributed by atoms with Gasteiger partial charge in [0.15, 0.2) is 0 Å². The summed E-state index contributed by atoms with van der Waals surface area (Å²) in [6, 6.07) is 9.28. The number of benzene rings is 1. The highest BCUT2D eigenvalue weighted by atomic mass is 16.8. The summed E-state index contributed by atoms with van der Waals surface area (Å²) in [6.07, 6.45) is 0.358. The lowest BCUT2D eigenvalue weighted by molar-refractivity contribution is -0.177. The number of hydroxylamine groups is 1. The number of nitrogens with one attached hydrogen (secondary N) is 1. The summed E-state index contributed by atoms with van der Waals surface area (Å²) in [5, 5.41) is 8.71. The summed E-state index contributed by atoms with van der Waals surface area (Å²) in [5.41, 5.74) is 4.45. The van der Waals surface area contributed by atoms with Gasteiger partial charge in [0.1, 0.15) is 0 Å². The molecule has 18 heavy (non-hydrogen) atoms. The van der Waals surface area contributed by atoms with Crippen molar-refractivity contribution in [3.05, 3.63) is 35.4 Å². The first-order chi connectivity index (χ1) is 8.72. The first-order valence-electron chi connectivity index (χ1n) is 5.83. The van der Waals surface area contributed by atoms with Gasteiger partial charge in [-0.2, -0.15) is 10.7 Å². The van der Waals surface area contributed by atoms with Crippen molar-refractivity contribution in [2.24, 2.45) is 0 Å². The van der Waals surface area contributed by atoms with E-state index in [1.54, 1.807) is 19.1 Å². The predicted molar refractivity (Wildman–Crippen MR) is 62.9 cm³/mol. The third-order valence-electron chi connectivity index (χ3n) is 2.76. The third-order valence-corrected chi connectivity index (χ3v) is 2.76. The zero-order valence-corrected chi connectivity index (χ0v) is 10.1. The zero-order valence-electron chi connectivity index (χ0n) is 10.1. The molecule has 1 N–H and O–H groups in total. The molecule has 0 spiro atoms. The molecule has 94 valence electrons. The van der Waals surface area contributed by atoms with Gasteiger partial charge in [0, 0.05) is 12.8 Å². The van der Waals surface area contributed by atoms with E-state index >= 15 is 0 Å². The maximum absolute atomic E-state index is 11.1. The van der Waals surface area contributed by atoms with E-state index in [0.29, 0.717) is 18.4 Å². The Bertz CT molecular complexity index is 464. The number of nitriles is 1. The second kappa shape index (κ2) is 5.63. The Hall–Kier alpha value is -1.90. The van der Waals surface area contributed by atoms with Gasteiger partial charge < -0.3 is 4.74 Å². The number of carbonyl (C=O) groups excluding carboxylic acids is 1. The van der Waals surface area contributed by atoms with Crippen LogP contribution in [0.3, 0.4) is 0 Å². The molecule has 0 aromatic heterocycles. The lowest BCUT2D eigenvalue weighted by Gasteiger charge is -2.08. The summed E-state index contributed by atoms with van der Waals surface area (Å²) in [4.78, 5) is 16.3. The SMILES string of the molecule is CCC(=O)OC1CC(c2ccc(C#N)cc2)NO1. The summed E-state index contributed by atoms with van der Waals surface area (Å²) < 4.78 is 5.08. The minimum atomic E-state index is -0.543. The Labute approximate surface area is 105 Å². The lowest BCUT2D eigenvalue weighted by atomic mass is 10.0. The summed E-state index contributed by atoms with van der Waals surface area (Å²) in [5.74, 6) is -0.276. The quantitative estimate of drug-likeness (QED) is 0.823. The van der Waals surface area contributed by atoms with Crippen molar-refractivity contribution in [1.82, 2.24) is 5.48 Å². The van der Waals surface area contributed by atoms with Crippen molar-refractivity contribution in [3.8, 4) is 6.07 Å². The van der Waals surface area contributed by atoms with Crippen LogP contribution in [0.5, 0.6) is 0 Å². The molecule has 5 nitrogen and oxygen atoms in total. The van der Waals surface area contributed by atoms with Crippen LogP contribution >= 0.6 is 0 Å². The van der Waals surface area contributed by atoms with E-state index in [1.807, 2.05) is 12.1 Å². The van der Waals surface area contributed by atoms with Gasteiger partial charge in [-0.1, -0.05) is 19.1 Å². The molecule has 0 saturated carbocycles. The van der Waals surface area contributed by atoms with Crippen LogP contribution in [0.15, 0.2) is 24.3 Å². The molecule has 2 unspecified atom stereocenters. The monoisotopic (exact) mass is 246 g/mol. The molecule has 0 bridgehead atoms. The van der Waals surface area contributed by atoms with Crippen LogP contribution in [-0.4, -0.2) is 12.3 Å². The number of ether oxygens (including phenoxy) is 1. The minimum absolute atomic E-state index is 0.0209. The molecule has 0 radical (unpaired) electrons. The van der Waals surface area contributed by atoms with Crippen LogP contribution in [0.1, 0.15) is 36.9 Å². The van der Waals surface area contributed by atoms with Crippen molar-refractivity contribution in [2.45, 2.75) is 32.1 Å². The molecule has 0 aliphatic carbocycles. The molecule has 1 saturated heterocycles. The largest absolute Gasteiger partial charge is 0.434 e. The fourth-order valence-electron chi connectivity index (χ4n) is 1.74. The highest BCUT2D eigenvalue weighted by Gasteiger charge is 2.28. The molecule has 2 rings (SSSR count). The molecule has 5 heteroatoms. The van der Waals surface area contributed by atoms with Gasteiger partial charge in [0.2, 0.25) is 6.29 Å². The van der Waals surface area contributed by atoms with Gasteiger partial charge in [-0.25, -0.2) is 0 Å². The second-order valence-electron chi connectivity index (χ2n) is 4.03. The highest BCUT2D eigenvalue weighted by molar-refractivity contribution is 5.69. The van der Waals surface area contributed by atoms with Crippen LogP contribution in [0, 0.1) is 11.3 Å². The van der Waals surface area contributed by atoms with Crippen molar-refractivity contribution in [3.63, 3.8) is 0 Å². The normalized spacial score (nSPS) is 22.4. The Kier molecular flexibility index (Phi) is 3.92. The van der Waals surface area contributed by atoms with Gasteiger partial charge in [-0.3, -0.25) is 9.63 Å². The van der Waals surface area contributed by atoms with Crippen LogP contribution in [0.4, 0.5) is 0 Å². The highest BCUT2D eigenvalue weighted by Crippen LogP contribution is 2.26. The Balaban J connectivity index is 1.95. The average Bonchev–Trinajstić information content (AvgIpc) is 2.87. The van der Waals surface area contributed by atoms with Crippen LogP contribution in [0.2, 0.25) is 0 Å². The van der Waals surface area contributed by atoms with Crippen LogP contribution in [0.25, 0.3) is 0 Å². The first kappa shape index (κ1) is 12.6. The Morgan fingerprint density at radius 1 is 1.56 bits per heavy atom. The molecule has 1 fully saturated rings. The summed E-state index contributed by atoms with van der Waals surface area (Å²) in [6.45, 7) is 1.74. The predicted octanol–water partition coefficient (Wildman–Crippen LogP) is 1.80. The maximum atomic E-state index is 11.1. The molecular weight excluding hydrogens is 232 g/mol. The summed E-state index contributed by atoms with van der Waals surface area (Å²) in [7, 11) is 0. The molecule has 2 atom stereocenters. The smallest absolute Gasteiger partial charge is 0.307 e. The minimum Gasteiger partial charge on any atom is -0.434 e. The van der Waals surface area contributed by atoms with E-state index in [1.165, 1.54) is 0 Å². The van der Waals surface area contributed by atoms with E-state index in [-0.39, 0.29) is 12.0 Å². The van der Waals surface area contributed by atoms with Crippen molar-refractivity contribution in [2.75, 3.05) is 0 Å². The first-order valence-corrected chi connectivity index (χ1v) is 5.83. The molecule has 1 aromatic rings.